The zero-order valence-corrected chi connectivity index (χ0v) is 18.0. The van der Waals surface area contributed by atoms with Crippen LogP contribution in [0.15, 0.2) is 22.9 Å². The van der Waals surface area contributed by atoms with Gasteiger partial charge < -0.3 is 15.2 Å². The van der Waals surface area contributed by atoms with Crippen molar-refractivity contribution in [2.75, 3.05) is 29.9 Å². The summed E-state index contributed by atoms with van der Waals surface area (Å²) in [6.07, 6.45) is 8.82. The highest BCUT2D eigenvalue weighted by atomic mass is 32.2. The average molecular weight is 433 g/mol. The van der Waals surface area contributed by atoms with Crippen LogP contribution in [0.5, 0.6) is 0 Å². The van der Waals surface area contributed by atoms with Gasteiger partial charge in [-0.2, -0.15) is 13.5 Å². The minimum Gasteiger partial charge on any atom is -0.845 e. The standard InChI is InChI=1S/C20H27N5O4S/c1-24-13-16(12-21-24)25(9-10-29-2)30(27,28)23-20(26)22-19-17-7-3-5-14(17)11-15-6-4-8-18(15)19/h11-13H,3-10H2,1-2H3,(H2,22,23,26)/p-1. The van der Waals surface area contributed by atoms with E-state index in [0.717, 1.165) is 59.6 Å². The highest BCUT2D eigenvalue weighted by molar-refractivity contribution is 7.91. The van der Waals surface area contributed by atoms with Crippen LogP contribution in [0.2, 0.25) is 0 Å². The molecule has 0 spiro atoms. The van der Waals surface area contributed by atoms with Crippen LogP contribution >= 0.6 is 0 Å². The number of nitrogens with one attached hydrogen (secondary N) is 1. The zero-order valence-electron chi connectivity index (χ0n) is 17.2. The first-order valence-corrected chi connectivity index (χ1v) is 11.5. The van der Waals surface area contributed by atoms with E-state index in [1.807, 2.05) is 0 Å². The summed E-state index contributed by atoms with van der Waals surface area (Å²) in [6, 6.07) is 1.37. The summed E-state index contributed by atoms with van der Waals surface area (Å²) < 4.78 is 36.9. The maximum absolute atomic E-state index is 12.9. The van der Waals surface area contributed by atoms with Gasteiger partial charge in [-0.05, 0) is 60.8 Å². The number of ether oxygens (including phenoxy) is 1. The summed E-state index contributed by atoms with van der Waals surface area (Å²) in [5.41, 5.74) is 5.86. The number of aryl methyl sites for hydroxylation is 3. The van der Waals surface area contributed by atoms with Crippen LogP contribution in [-0.2, 0) is 47.7 Å². The second kappa shape index (κ2) is 8.27. The molecular weight excluding hydrogens is 406 g/mol. The third-order valence-electron chi connectivity index (χ3n) is 5.66. The molecule has 0 unspecified atom stereocenters. The Morgan fingerprint density at radius 3 is 2.50 bits per heavy atom. The molecule has 2 aliphatic rings. The molecule has 0 saturated carbocycles. The lowest BCUT2D eigenvalue weighted by Crippen LogP contribution is -2.36. The molecule has 0 saturated heterocycles. The van der Waals surface area contributed by atoms with Gasteiger partial charge in [0.1, 0.15) is 0 Å². The molecule has 2 aromatic rings. The molecule has 1 aromatic carbocycles. The van der Waals surface area contributed by atoms with E-state index in [1.165, 1.54) is 29.1 Å². The van der Waals surface area contributed by atoms with Gasteiger partial charge in [0.05, 0.1) is 31.1 Å². The van der Waals surface area contributed by atoms with E-state index in [9.17, 15) is 13.5 Å². The van der Waals surface area contributed by atoms with Gasteiger partial charge in [0.25, 0.3) is 0 Å². The molecule has 0 bridgehead atoms. The van der Waals surface area contributed by atoms with Crippen molar-refractivity contribution in [3.05, 3.63) is 40.7 Å². The third-order valence-corrected chi connectivity index (χ3v) is 7.01. The molecule has 0 radical (unpaired) electrons. The average Bonchev–Trinajstić information content (AvgIpc) is 3.42. The van der Waals surface area contributed by atoms with E-state index >= 15 is 0 Å². The van der Waals surface area contributed by atoms with Crippen LogP contribution in [-0.4, -0.2) is 44.5 Å². The number of methoxy groups -OCH3 is 1. The van der Waals surface area contributed by atoms with Crippen LogP contribution in [0.1, 0.15) is 35.1 Å². The topological polar surface area (TPSA) is 112 Å². The lowest BCUT2D eigenvalue weighted by atomic mass is 9.99. The van der Waals surface area contributed by atoms with E-state index in [0.29, 0.717) is 5.69 Å². The molecule has 10 heteroatoms. The fourth-order valence-electron chi connectivity index (χ4n) is 4.34. The summed E-state index contributed by atoms with van der Waals surface area (Å²) in [4.78, 5) is 0. The van der Waals surface area contributed by atoms with Crippen molar-refractivity contribution >= 4 is 27.6 Å². The second-order valence-corrected chi connectivity index (χ2v) is 9.19. The van der Waals surface area contributed by atoms with Crippen molar-refractivity contribution < 1.29 is 18.3 Å². The molecule has 0 amide bonds. The van der Waals surface area contributed by atoms with Gasteiger partial charge >= 0.3 is 10.2 Å². The number of aromatic nitrogens is 2. The minimum atomic E-state index is -4.27. The number of nitrogens with zero attached hydrogens (tertiary/aromatic N) is 4. The van der Waals surface area contributed by atoms with Crippen LogP contribution in [0.4, 0.5) is 11.4 Å². The van der Waals surface area contributed by atoms with Crippen molar-refractivity contribution in [2.45, 2.75) is 38.5 Å². The molecule has 4 rings (SSSR count). The van der Waals surface area contributed by atoms with E-state index in [-0.39, 0.29) is 13.2 Å². The molecule has 2 aliphatic carbocycles. The summed E-state index contributed by atoms with van der Waals surface area (Å²) in [5.74, 6) is 0. The molecular formula is C20H26N5O4S-. The number of anilines is 2. The number of rotatable bonds is 7. The summed E-state index contributed by atoms with van der Waals surface area (Å²) >= 11 is 0. The summed E-state index contributed by atoms with van der Waals surface area (Å²) in [6.45, 7) is 0.183. The number of fused-ring (bicyclic) bond motifs is 2. The van der Waals surface area contributed by atoms with Crippen LogP contribution in [0.3, 0.4) is 0 Å². The molecule has 1 N–H and O–H groups in total. The Labute approximate surface area is 176 Å². The van der Waals surface area contributed by atoms with Crippen LogP contribution < -0.4 is 14.7 Å². The van der Waals surface area contributed by atoms with Gasteiger partial charge in [-0.15, -0.1) is 4.40 Å². The summed E-state index contributed by atoms with van der Waals surface area (Å²) in [7, 11) is -1.10. The third kappa shape index (κ3) is 4.01. The van der Waals surface area contributed by atoms with Gasteiger partial charge in [-0.25, -0.2) is 4.31 Å². The quantitative estimate of drug-likeness (QED) is 0.514. The Morgan fingerprint density at radius 1 is 1.27 bits per heavy atom. The number of benzene rings is 1. The fraction of sp³-hybridized carbons (Fsp3) is 0.500. The highest BCUT2D eigenvalue weighted by Crippen LogP contribution is 2.38. The predicted octanol–water partition coefficient (Wildman–Crippen LogP) is 0.923. The molecule has 1 aromatic heterocycles. The lowest BCUT2D eigenvalue weighted by Gasteiger charge is -2.23. The van der Waals surface area contributed by atoms with Crippen molar-refractivity contribution in [1.29, 1.82) is 0 Å². The van der Waals surface area contributed by atoms with Crippen molar-refractivity contribution in [1.82, 2.24) is 9.78 Å². The Balaban J connectivity index is 1.64. The molecule has 0 atom stereocenters. The first kappa shape index (κ1) is 20.7. The molecule has 30 heavy (non-hydrogen) atoms. The Kier molecular flexibility index (Phi) is 5.70. The second-order valence-electron chi connectivity index (χ2n) is 7.67. The van der Waals surface area contributed by atoms with Crippen LogP contribution in [0.25, 0.3) is 0 Å². The number of amidine groups is 1. The normalized spacial score (nSPS) is 15.9. The number of hydrogen-bond acceptors (Lipinski definition) is 5. The SMILES string of the molecule is COCCN(c1cnn(C)c1)S(=O)(=O)/N=C(\[O-])Nc1c2c(cc3c1CCC3)CCC2. The van der Waals surface area contributed by atoms with Gasteiger partial charge in [-0.3, -0.25) is 4.68 Å². The molecule has 1 heterocycles. The van der Waals surface area contributed by atoms with E-state index in [1.54, 1.807) is 13.2 Å². The summed E-state index contributed by atoms with van der Waals surface area (Å²) in [5, 5.41) is 19.5. The van der Waals surface area contributed by atoms with E-state index in [4.69, 9.17) is 4.74 Å². The number of hydrogen-bond donors (Lipinski definition) is 1. The minimum absolute atomic E-state index is 0.0252. The molecule has 162 valence electrons. The lowest BCUT2D eigenvalue weighted by molar-refractivity contribution is -0.213. The Bertz CT molecular complexity index is 1040. The molecule has 0 aliphatic heterocycles. The smallest absolute Gasteiger partial charge is 0.345 e. The maximum Gasteiger partial charge on any atom is 0.345 e. The Hall–Kier alpha value is -2.59. The largest absolute Gasteiger partial charge is 0.845 e. The fourth-order valence-corrected chi connectivity index (χ4v) is 5.36. The van der Waals surface area contributed by atoms with E-state index in [2.05, 4.69) is 20.9 Å². The first-order valence-electron chi connectivity index (χ1n) is 10.1. The maximum atomic E-state index is 12.9. The zero-order chi connectivity index (χ0) is 21.3. The van der Waals surface area contributed by atoms with Gasteiger partial charge in [0, 0.05) is 26.0 Å². The van der Waals surface area contributed by atoms with Crippen molar-refractivity contribution in [2.24, 2.45) is 11.4 Å². The van der Waals surface area contributed by atoms with Gasteiger partial charge in [0.15, 0.2) is 0 Å². The molecule has 9 nitrogen and oxygen atoms in total. The van der Waals surface area contributed by atoms with Gasteiger partial charge in [-0.1, -0.05) is 6.07 Å². The van der Waals surface area contributed by atoms with Crippen molar-refractivity contribution in [3.63, 3.8) is 0 Å². The van der Waals surface area contributed by atoms with E-state index < -0.39 is 16.2 Å². The van der Waals surface area contributed by atoms with Gasteiger partial charge in [0.2, 0.25) is 0 Å². The predicted molar refractivity (Wildman–Crippen MR) is 113 cm³/mol. The first-order chi connectivity index (χ1) is 14.4. The highest BCUT2D eigenvalue weighted by Gasteiger charge is 2.25. The van der Waals surface area contributed by atoms with Crippen LogP contribution in [0, 0.1) is 0 Å². The van der Waals surface area contributed by atoms with Crippen molar-refractivity contribution in [3.8, 4) is 0 Å². The Morgan fingerprint density at radius 2 is 1.93 bits per heavy atom. The monoisotopic (exact) mass is 432 g/mol. The molecule has 0 fully saturated rings.